The molecule has 0 N–H and O–H groups in total. The normalized spacial score (nSPS) is 12.4. The van der Waals surface area contributed by atoms with Gasteiger partial charge in [-0.2, -0.15) is 13.2 Å². The van der Waals surface area contributed by atoms with Crippen molar-refractivity contribution >= 4 is 9.84 Å². The quantitative estimate of drug-likeness (QED) is 0.868. The summed E-state index contributed by atoms with van der Waals surface area (Å²) < 4.78 is 63.5. The number of halogens is 3. The summed E-state index contributed by atoms with van der Waals surface area (Å²) in [4.78, 5) is 11.0. The molecule has 0 spiro atoms. The molecule has 0 saturated carbocycles. The molecule has 1 aromatic heterocycles. The van der Waals surface area contributed by atoms with E-state index in [1.165, 1.54) is 12.1 Å². The monoisotopic (exact) mass is 331 g/mol. The highest BCUT2D eigenvalue weighted by molar-refractivity contribution is 7.90. The summed E-state index contributed by atoms with van der Waals surface area (Å²) in [6, 6.07) is 8.33. The van der Waals surface area contributed by atoms with Gasteiger partial charge < -0.3 is 4.57 Å². The van der Waals surface area contributed by atoms with Crippen LogP contribution < -0.4 is 5.56 Å². The lowest BCUT2D eigenvalue weighted by Gasteiger charge is -2.11. The van der Waals surface area contributed by atoms with Crippen molar-refractivity contribution in [2.45, 2.75) is 16.8 Å². The van der Waals surface area contributed by atoms with Crippen LogP contribution in [0.15, 0.2) is 52.3 Å². The second kappa shape index (κ2) is 5.60. The fourth-order valence-electron chi connectivity index (χ4n) is 1.93. The second-order valence-corrected chi connectivity index (χ2v) is 6.71. The maximum Gasteiger partial charge on any atom is 0.417 e. The molecule has 8 heteroatoms. The van der Waals surface area contributed by atoms with Crippen LogP contribution in [0.4, 0.5) is 13.2 Å². The molecule has 4 nitrogen and oxygen atoms in total. The summed E-state index contributed by atoms with van der Waals surface area (Å²) in [7, 11) is -3.10. The van der Waals surface area contributed by atoms with E-state index < -0.39 is 37.8 Å². The Hall–Kier alpha value is -2.09. The Labute approximate surface area is 124 Å². The van der Waals surface area contributed by atoms with Crippen LogP contribution in [0.2, 0.25) is 0 Å². The summed E-state index contributed by atoms with van der Waals surface area (Å²) in [6.07, 6.45) is -4.16. The molecular formula is C14H12F3NO3S. The first-order chi connectivity index (χ1) is 10.1. The first-order valence-corrected chi connectivity index (χ1v) is 7.81. The first-order valence-electron chi connectivity index (χ1n) is 6.16. The van der Waals surface area contributed by atoms with E-state index in [4.69, 9.17) is 0 Å². The van der Waals surface area contributed by atoms with Gasteiger partial charge in [0.2, 0.25) is 0 Å². The average Bonchev–Trinajstić information content (AvgIpc) is 2.40. The van der Waals surface area contributed by atoms with Crippen LogP contribution in [-0.4, -0.2) is 13.0 Å². The maximum atomic E-state index is 12.8. The van der Waals surface area contributed by atoms with E-state index in [0.29, 0.717) is 22.4 Å². The number of nitrogens with zero attached hydrogens (tertiary/aromatic N) is 1. The van der Waals surface area contributed by atoms with E-state index in [1.807, 2.05) is 0 Å². The van der Waals surface area contributed by atoms with Crippen molar-refractivity contribution < 1.29 is 21.6 Å². The number of sulfone groups is 1. The summed E-state index contributed by atoms with van der Waals surface area (Å²) in [5.74, 6) is -0.537. The van der Waals surface area contributed by atoms with Crippen molar-refractivity contribution in [3.05, 3.63) is 64.1 Å². The minimum Gasteiger partial charge on any atom is -0.317 e. The zero-order chi connectivity index (χ0) is 16.5. The summed E-state index contributed by atoms with van der Waals surface area (Å²) in [6.45, 7) is 0. The second-order valence-electron chi connectivity index (χ2n) is 4.75. The van der Waals surface area contributed by atoms with E-state index in [0.717, 1.165) is 7.05 Å². The molecular weight excluding hydrogens is 319 g/mol. The third kappa shape index (κ3) is 3.38. The van der Waals surface area contributed by atoms with Gasteiger partial charge in [0.15, 0.2) is 9.84 Å². The van der Waals surface area contributed by atoms with Gasteiger partial charge in [0, 0.05) is 13.2 Å². The number of aryl methyl sites for hydroxylation is 1. The Morgan fingerprint density at radius 1 is 1.14 bits per heavy atom. The van der Waals surface area contributed by atoms with Gasteiger partial charge in [0.1, 0.15) is 4.90 Å². The number of alkyl halides is 3. The fraction of sp³-hybridized carbons (Fsp3) is 0.214. The van der Waals surface area contributed by atoms with Gasteiger partial charge in [0.05, 0.1) is 11.3 Å². The van der Waals surface area contributed by atoms with E-state index in [9.17, 15) is 26.4 Å². The minimum absolute atomic E-state index is 0.389. The average molecular weight is 331 g/mol. The molecule has 0 amide bonds. The molecule has 118 valence electrons. The Balaban J connectivity index is 2.56. The maximum absolute atomic E-state index is 12.8. The van der Waals surface area contributed by atoms with Crippen molar-refractivity contribution in [3.8, 4) is 0 Å². The third-order valence-electron chi connectivity index (χ3n) is 3.01. The molecule has 0 unspecified atom stereocenters. The zero-order valence-electron chi connectivity index (χ0n) is 11.5. The van der Waals surface area contributed by atoms with Crippen LogP contribution in [-0.2, 0) is 28.8 Å². The molecule has 0 bridgehead atoms. The Morgan fingerprint density at radius 2 is 1.73 bits per heavy atom. The standard InChI is InChI=1S/C14H12F3NO3S/c1-18-8-11(14(15,16)17)7-12(13(18)19)22(20,21)9-10-5-3-2-4-6-10/h2-8H,9H2,1H3. The SMILES string of the molecule is Cn1cc(C(F)(F)F)cc(S(=O)(=O)Cc2ccccc2)c1=O. The first kappa shape index (κ1) is 16.3. The molecule has 2 rings (SSSR count). The molecule has 0 aliphatic heterocycles. The van der Waals surface area contributed by atoms with E-state index in [1.54, 1.807) is 18.2 Å². The van der Waals surface area contributed by atoms with Crippen molar-refractivity contribution in [1.29, 1.82) is 0 Å². The lowest BCUT2D eigenvalue weighted by Crippen LogP contribution is -2.26. The molecule has 0 aliphatic rings. The summed E-state index contributed by atoms with van der Waals surface area (Å²) in [5, 5.41) is 0. The van der Waals surface area contributed by atoms with Gasteiger partial charge in [-0.25, -0.2) is 8.42 Å². The van der Waals surface area contributed by atoms with Crippen LogP contribution in [0.25, 0.3) is 0 Å². The predicted molar refractivity (Wildman–Crippen MR) is 74.0 cm³/mol. The largest absolute Gasteiger partial charge is 0.417 e. The number of aromatic nitrogens is 1. The van der Waals surface area contributed by atoms with Crippen LogP contribution in [0.5, 0.6) is 0 Å². The molecule has 0 fully saturated rings. The molecule has 2 aromatic rings. The molecule has 0 atom stereocenters. The highest BCUT2D eigenvalue weighted by atomic mass is 32.2. The lowest BCUT2D eigenvalue weighted by atomic mass is 10.2. The zero-order valence-corrected chi connectivity index (χ0v) is 12.3. The summed E-state index contributed by atoms with van der Waals surface area (Å²) in [5.41, 5.74) is -1.77. The molecule has 0 saturated heterocycles. The van der Waals surface area contributed by atoms with Gasteiger partial charge >= 0.3 is 6.18 Å². The van der Waals surface area contributed by atoms with Gasteiger partial charge in [0.25, 0.3) is 5.56 Å². The molecule has 0 radical (unpaired) electrons. The van der Waals surface area contributed by atoms with Crippen LogP contribution >= 0.6 is 0 Å². The van der Waals surface area contributed by atoms with E-state index >= 15 is 0 Å². The van der Waals surface area contributed by atoms with Crippen LogP contribution in [0.3, 0.4) is 0 Å². The third-order valence-corrected chi connectivity index (χ3v) is 4.69. The van der Waals surface area contributed by atoms with E-state index in [2.05, 4.69) is 0 Å². The Kier molecular flexibility index (Phi) is 4.15. The Morgan fingerprint density at radius 3 is 2.27 bits per heavy atom. The van der Waals surface area contributed by atoms with Crippen LogP contribution in [0, 0.1) is 0 Å². The molecule has 0 aliphatic carbocycles. The predicted octanol–water partition coefficient (Wildman–Crippen LogP) is 2.38. The highest BCUT2D eigenvalue weighted by Gasteiger charge is 2.33. The number of hydrogen-bond donors (Lipinski definition) is 0. The van der Waals surface area contributed by atoms with Gasteiger partial charge in [-0.15, -0.1) is 0 Å². The number of hydrogen-bond acceptors (Lipinski definition) is 3. The number of pyridine rings is 1. The van der Waals surface area contributed by atoms with Gasteiger partial charge in [-0.05, 0) is 11.6 Å². The topological polar surface area (TPSA) is 56.1 Å². The van der Waals surface area contributed by atoms with Crippen molar-refractivity contribution in [3.63, 3.8) is 0 Å². The van der Waals surface area contributed by atoms with E-state index in [-0.39, 0.29) is 0 Å². The number of benzene rings is 1. The van der Waals surface area contributed by atoms with Crippen LogP contribution in [0.1, 0.15) is 11.1 Å². The van der Waals surface area contributed by atoms with Gasteiger partial charge in [-0.1, -0.05) is 30.3 Å². The smallest absolute Gasteiger partial charge is 0.317 e. The van der Waals surface area contributed by atoms with Gasteiger partial charge in [-0.3, -0.25) is 4.79 Å². The Bertz CT molecular complexity index is 840. The minimum atomic E-state index is -4.73. The molecule has 22 heavy (non-hydrogen) atoms. The summed E-state index contributed by atoms with van der Waals surface area (Å²) >= 11 is 0. The van der Waals surface area contributed by atoms with Crippen molar-refractivity contribution in [1.82, 2.24) is 4.57 Å². The fourth-order valence-corrected chi connectivity index (χ4v) is 3.43. The lowest BCUT2D eigenvalue weighted by molar-refractivity contribution is -0.138. The molecule has 1 heterocycles. The number of rotatable bonds is 3. The van der Waals surface area contributed by atoms with Crippen molar-refractivity contribution in [2.24, 2.45) is 7.05 Å². The highest BCUT2D eigenvalue weighted by Crippen LogP contribution is 2.29. The molecule has 1 aromatic carbocycles. The van der Waals surface area contributed by atoms with Crippen molar-refractivity contribution in [2.75, 3.05) is 0 Å².